The van der Waals surface area contributed by atoms with Crippen molar-refractivity contribution in [2.24, 2.45) is 0 Å². The zero-order chi connectivity index (χ0) is 49.0. The number of hydrogen-bond donors (Lipinski definition) is 0. The molecule has 74 heavy (non-hydrogen) atoms. The Labute approximate surface area is 424 Å². The van der Waals surface area contributed by atoms with Gasteiger partial charge in [-0.2, -0.15) is 10.5 Å². The van der Waals surface area contributed by atoms with E-state index in [1.54, 1.807) is 0 Å². The van der Waals surface area contributed by atoms with Gasteiger partial charge in [-0.25, -0.2) is 0 Å². The summed E-state index contributed by atoms with van der Waals surface area (Å²) >= 11 is 0. The van der Waals surface area contributed by atoms with Crippen molar-refractivity contribution in [1.29, 1.82) is 10.5 Å². The van der Waals surface area contributed by atoms with Crippen molar-refractivity contribution in [3.63, 3.8) is 0 Å². The van der Waals surface area contributed by atoms with Gasteiger partial charge < -0.3 is 18.3 Å². The van der Waals surface area contributed by atoms with Gasteiger partial charge in [0.15, 0.2) is 0 Å². The predicted octanol–water partition coefficient (Wildman–Crippen LogP) is 17.2. The van der Waals surface area contributed by atoms with Gasteiger partial charge in [-0.15, -0.1) is 0 Å². The molecule has 0 atom stereocenters. The fraction of sp³-hybridized carbons (Fsp3) is 0. The molecule has 0 aliphatic carbocycles. The molecular formula is C68H40N6. The van der Waals surface area contributed by atoms with Gasteiger partial charge in [-0.05, 0) is 131 Å². The van der Waals surface area contributed by atoms with Crippen molar-refractivity contribution in [3.8, 4) is 57.1 Å². The lowest BCUT2D eigenvalue weighted by Crippen LogP contribution is -2.05. The number of para-hydroxylation sites is 6. The number of benzene rings is 11. The molecule has 4 aromatic heterocycles. The molecule has 15 rings (SSSR count). The van der Waals surface area contributed by atoms with Crippen LogP contribution in [0.1, 0.15) is 11.1 Å². The number of aromatic nitrogens is 4. The number of fused-ring (bicyclic) bond motifs is 12. The number of rotatable bonds is 6. The van der Waals surface area contributed by atoms with Gasteiger partial charge in [-0.1, -0.05) is 133 Å². The Hall–Kier alpha value is -10.4. The van der Waals surface area contributed by atoms with Crippen LogP contribution in [0, 0.1) is 22.7 Å². The van der Waals surface area contributed by atoms with Gasteiger partial charge in [0.25, 0.3) is 0 Å². The Morgan fingerprint density at radius 3 is 0.878 bits per heavy atom. The fourth-order valence-corrected chi connectivity index (χ4v) is 12.0. The second-order valence-electron chi connectivity index (χ2n) is 19.1. The average Bonchev–Trinajstić information content (AvgIpc) is 4.20. The van der Waals surface area contributed by atoms with E-state index in [1.165, 1.54) is 21.5 Å². The maximum atomic E-state index is 10.3. The van der Waals surface area contributed by atoms with Crippen molar-refractivity contribution in [2.75, 3.05) is 0 Å². The lowest BCUT2D eigenvalue weighted by molar-refractivity contribution is 1.09. The van der Waals surface area contributed by atoms with E-state index in [2.05, 4.69) is 237 Å². The Balaban J connectivity index is 1.06. The van der Waals surface area contributed by atoms with Crippen LogP contribution < -0.4 is 0 Å². The third kappa shape index (κ3) is 6.04. The first-order chi connectivity index (χ1) is 36.6. The smallest absolute Gasteiger partial charge is 0.0991 e. The number of nitrogens with zero attached hydrogens (tertiary/aromatic N) is 6. The first-order valence-electron chi connectivity index (χ1n) is 24.9. The topological polar surface area (TPSA) is 67.3 Å². The molecule has 6 nitrogen and oxygen atoms in total. The molecular weight excluding hydrogens is 901 g/mol. The van der Waals surface area contributed by atoms with E-state index < -0.39 is 0 Å². The molecule has 0 N–H and O–H groups in total. The van der Waals surface area contributed by atoms with Gasteiger partial charge >= 0.3 is 0 Å². The highest BCUT2D eigenvalue weighted by Gasteiger charge is 2.25. The van der Waals surface area contributed by atoms with E-state index in [9.17, 15) is 10.5 Å². The molecule has 6 heteroatoms. The SMILES string of the molecule is N#Cc1cccc(-c2cc(-n3c4ccccc4c4cc(-n5c6ccccc6c6ccccc65)ccc43)c(-n3c4ccccc4c4cc(-n5c6ccccc6c6ccccc65)ccc43)cc2-c2cccc(C#N)c2)c1. The normalized spacial score (nSPS) is 11.8. The Bertz CT molecular complexity index is 4530. The molecule has 0 amide bonds. The fourth-order valence-electron chi connectivity index (χ4n) is 12.0. The lowest BCUT2D eigenvalue weighted by atomic mass is 9.91. The largest absolute Gasteiger partial charge is 0.309 e. The van der Waals surface area contributed by atoms with Crippen LogP contribution in [0.2, 0.25) is 0 Å². The Morgan fingerprint density at radius 1 is 0.243 bits per heavy atom. The van der Waals surface area contributed by atoms with Crippen LogP contribution in [0.5, 0.6) is 0 Å². The standard InChI is InChI=1S/C68H40N6/c69-41-43-15-13-17-45(35-43)55-39-67(73-63-29-11-5-23-53(63)57-37-47(31-33-65(57)73)71-59-25-7-1-19-49(59)50-20-2-8-26-60(50)71)68(40-56(55)46-18-14-16-44(36-46)42-70)74-64-30-12-6-24-54(64)58-38-48(32-34-66(58)74)72-61-27-9-3-21-51(61)52-22-4-10-28-62(52)72/h1-40H. The summed E-state index contributed by atoms with van der Waals surface area (Å²) in [6.45, 7) is 0. The maximum Gasteiger partial charge on any atom is 0.0991 e. The Kier molecular flexibility index (Phi) is 8.99. The summed E-state index contributed by atoms with van der Waals surface area (Å²) in [7, 11) is 0. The van der Waals surface area contributed by atoms with Crippen molar-refractivity contribution in [2.45, 2.75) is 0 Å². The Morgan fingerprint density at radius 2 is 0.541 bits per heavy atom. The summed E-state index contributed by atoms with van der Waals surface area (Å²) in [5, 5.41) is 29.9. The molecule has 0 aliphatic rings. The molecule has 0 saturated heterocycles. The van der Waals surface area contributed by atoms with E-state index in [4.69, 9.17) is 0 Å². The van der Waals surface area contributed by atoms with Gasteiger partial charge in [-0.3, -0.25) is 0 Å². The third-order valence-corrected chi connectivity index (χ3v) is 15.2. The van der Waals surface area contributed by atoms with E-state index in [0.29, 0.717) is 11.1 Å². The first-order valence-corrected chi connectivity index (χ1v) is 24.9. The highest BCUT2D eigenvalue weighted by Crippen LogP contribution is 2.45. The van der Waals surface area contributed by atoms with Gasteiger partial charge in [0, 0.05) is 54.5 Å². The highest BCUT2D eigenvalue weighted by atomic mass is 15.1. The van der Waals surface area contributed by atoms with Crippen LogP contribution in [0.3, 0.4) is 0 Å². The van der Waals surface area contributed by atoms with E-state index in [1.807, 2.05) is 36.4 Å². The number of hydrogen-bond acceptors (Lipinski definition) is 2. The van der Waals surface area contributed by atoms with Crippen LogP contribution in [0.25, 0.3) is 132 Å². The molecule has 11 aromatic carbocycles. The predicted molar refractivity (Wildman–Crippen MR) is 304 cm³/mol. The van der Waals surface area contributed by atoms with Gasteiger partial charge in [0.2, 0.25) is 0 Å². The molecule has 0 aliphatic heterocycles. The summed E-state index contributed by atoms with van der Waals surface area (Å²) in [4.78, 5) is 0. The molecule has 0 unspecified atom stereocenters. The van der Waals surface area contributed by atoms with Gasteiger partial charge in [0.1, 0.15) is 0 Å². The number of nitriles is 2. The second-order valence-corrected chi connectivity index (χ2v) is 19.1. The average molecular weight is 941 g/mol. The van der Waals surface area contributed by atoms with Crippen LogP contribution in [0.15, 0.2) is 243 Å². The minimum Gasteiger partial charge on any atom is -0.309 e. The first kappa shape index (κ1) is 41.4. The quantitative estimate of drug-likeness (QED) is 0.167. The highest BCUT2D eigenvalue weighted by molar-refractivity contribution is 6.15. The van der Waals surface area contributed by atoms with Crippen molar-refractivity contribution in [1.82, 2.24) is 18.3 Å². The van der Waals surface area contributed by atoms with Crippen molar-refractivity contribution in [3.05, 3.63) is 254 Å². The molecule has 0 bridgehead atoms. The van der Waals surface area contributed by atoms with Crippen molar-refractivity contribution >= 4 is 87.2 Å². The molecule has 0 saturated carbocycles. The lowest BCUT2D eigenvalue weighted by Gasteiger charge is -2.22. The summed E-state index contributed by atoms with van der Waals surface area (Å²) < 4.78 is 9.63. The van der Waals surface area contributed by atoms with E-state index in [0.717, 1.165) is 111 Å². The van der Waals surface area contributed by atoms with E-state index in [-0.39, 0.29) is 0 Å². The molecule has 15 aromatic rings. The maximum absolute atomic E-state index is 10.3. The summed E-state index contributed by atoms with van der Waals surface area (Å²) in [6, 6.07) is 91.0. The minimum atomic E-state index is 0.570. The summed E-state index contributed by atoms with van der Waals surface area (Å²) in [6.07, 6.45) is 0. The zero-order valence-electron chi connectivity index (χ0n) is 39.8. The van der Waals surface area contributed by atoms with E-state index >= 15 is 0 Å². The van der Waals surface area contributed by atoms with Crippen LogP contribution in [0.4, 0.5) is 0 Å². The second kappa shape index (κ2) is 16.1. The molecule has 4 heterocycles. The van der Waals surface area contributed by atoms with Crippen LogP contribution in [-0.2, 0) is 0 Å². The van der Waals surface area contributed by atoms with Crippen LogP contribution in [-0.4, -0.2) is 18.3 Å². The molecule has 0 radical (unpaired) electrons. The van der Waals surface area contributed by atoms with Gasteiger partial charge in [0.05, 0.1) is 78.8 Å². The third-order valence-electron chi connectivity index (χ3n) is 15.2. The molecule has 0 spiro atoms. The summed E-state index contributed by atoms with van der Waals surface area (Å²) in [5.41, 5.74) is 17.8. The monoisotopic (exact) mass is 940 g/mol. The molecule has 342 valence electrons. The summed E-state index contributed by atoms with van der Waals surface area (Å²) in [5.74, 6) is 0. The minimum absolute atomic E-state index is 0.570. The molecule has 0 fully saturated rings. The van der Waals surface area contributed by atoms with Crippen LogP contribution >= 0.6 is 0 Å². The zero-order valence-corrected chi connectivity index (χ0v) is 39.8. The van der Waals surface area contributed by atoms with Crippen molar-refractivity contribution < 1.29 is 0 Å².